The van der Waals surface area contributed by atoms with Crippen LogP contribution in [0.4, 0.5) is 11.5 Å². The van der Waals surface area contributed by atoms with E-state index in [1.165, 1.54) is 30.2 Å². The molecule has 0 radical (unpaired) electrons. The van der Waals surface area contributed by atoms with Crippen molar-refractivity contribution < 1.29 is 9.53 Å². The normalized spacial score (nSPS) is 21.4. The third-order valence-electron chi connectivity index (χ3n) is 7.59. The Kier molecular flexibility index (Phi) is 8.60. The van der Waals surface area contributed by atoms with Gasteiger partial charge >= 0.3 is 5.91 Å². The molecule has 0 bridgehead atoms. The molecule has 1 saturated carbocycles. The van der Waals surface area contributed by atoms with Crippen molar-refractivity contribution in [1.82, 2.24) is 15.3 Å². The zero-order valence-corrected chi connectivity index (χ0v) is 21.8. The Morgan fingerprint density at radius 3 is 2.75 bits per heavy atom. The largest absolute Gasteiger partial charge is 0.380 e. The average molecular weight is 490 g/mol. The number of hydrogen-bond donors (Lipinski definition) is 3. The topological polar surface area (TPSA) is 83.4 Å². The van der Waals surface area contributed by atoms with Crippen LogP contribution in [-0.4, -0.2) is 41.7 Å². The number of carbonyl (C=O) groups excluding carboxylic acids is 1. The monoisotopic (exact) mass is 489 g/mol. The lowest BCUT2D eigenvalue weighted by molar-refractivity contribution is 0.101. The third kappa shape index (κ3) is 6.63. The fourth-order valence-electron chi connectivity index (χ4n) is 5.29. The lowest BCUT2D eigenvalue weighted by atomic mass is 9.76. The van der Waals surface area contributed by atoms with Crippen LogP contribution in [0.25, 0.3) is 10.4 Å². The molecule has 0 spiro atoms. The van der Waals surface area contributed by atoms with Gasteiger partial charge in [-0.15, -0.1) is 0 Å². The summed E-state index contributed by atoms with van der Waals surface area (Å²) in [5.74, 6) is 0.625. The summed E-state index contributed by atoms with van der Waals surface area (Å²) in [6, 6.07) is 7.10. The predicted molar refractivity (Wildman–Crippen MR) is 144 cm³/mol. The Morgan fingerprint density at radius 2 is 2.08 bits per heavy atom. The van der Waals surface area contributed by atoms with Crippen molar-refractivity contribution >= 4 is 23.0 Å². The Bertz CT molecular complexity index is 1120. The summed E-state index contributed by atoms with van der Waals surface area (Å²) >= 11 is 0. The minimum absolute atomic E-state index is 0.157. The molecule has 4 rings (SSSR count). The number of hydrogen-bond acceptors (Lipinski definition) is 4. The standard InChI is InChI=1S/C29H39N5O2/c1-5-36-17-16-31-23-9-6-20(7-10-23)22-8-11-25(33-28(35)27-32-19-26(30-4)34-27)24(18-22)21-12-14-29(2,3)15-13-21/h8,11-12,18-20,23,31H,5-7,9-10,13-17H2,1-3H3,(H,32,34)(H,33,35). The molecular weight excluding hydrogens is 450 g/mol. The molecule has 1 aromatic carbocycles. The zero-order chi connectivity index (χ0) is 25.5. The molecule has 0 aliphatic heterocycles. The number of anilines is 1. The van der Waals surface area contributed by atoms with Gasteiger partial charge in [0, 0.05) is 30.4 Å². The number of allylic oxidation sites excluding steroid dienone is 2. The molecule has 2 aromatic rings. The van der Waals surface area contributed by atoms with Crippen molar-refractivity contribution in [3.63, 3.8) is 0 Å². The molecule has 1 heterocycles. The minimum Gasteiger partial charge on any atom is -0.380 e. The van der Waals surface area contributed by atoms with Crippen molar-refractivity contribution in [3.05, 3.63) is 58.8 Å². The molecule has 2 aliphatic rings. The van der Waals surface area contributed by atoms with Gasteiger partial charge in [-0.2, -0.15) is 0 Å². The molecular formula is C29H39N5O2. The molecule has 0 saturated heterocycles. The van der Waals surface area contributed by atoms with E-state index >= 15 is 0 Å². The number of ether oxygens (including phenoxy) is 1. The van der Waals surface area contributed by atoms with Gasteiger partial charge in [0.15, 0.2) is 0 Å². The lowest BCUT2D eigenvalue weighted by Gasteiger charge is -2.31. The van der Waals surface area contributed by atoms with Crippen LogP contribution in [0.2, 0.25) is 0 Å². The van der Waals surface area contributed by atoms with Crippen LogP contribution in [0.1, 0.15) is 93.4 Å². The fraction of sp³-hybridized carbons (Fsp3) is 0.552. The SMILES string of the molecule is [C-]#[N+]c1cnc(C(=O)Nc2ccc(C3CCC(NCCOCC)CC3)cc2C2=CCC(C)(C)CC2)[nH]1. The number of benzene rings is 1. The second-order valence-corrected chi connectivity index (χ2v) is 10.8. The van der Waals surface area contributed by atoms with Crippen molar-refractivity contribution in [1.29, 1.82) is 0 Å². The van der Waals surface area contributed by atoms with Gasteiger partial charge in [0.2, 0.25) is 5.82 Å². The summed E-state index contributed by atoms with van der Waals surface area (Å²) in [6.07, 6.45) is 11.6. The van der Waals surface area contributed by atoms with Gasteiger partial charge in [0.05, 0.1) is 12.8 Å². The zero-order valence-electron chi connectivity index (χ0n) is 21.8. The maximum absolute atomic E-state index is 12.9. The molecule has 1 aromatic heterocycles. The summed E-state index contributed by atoms with van der Waals surface area (Å²) in [6.45, 7) is 16.2. The molecule has 192 valence electrons. The Balaban J connectivity index is 1.50. The highest BCUT2D eigenvalue weighted by molar-refractivity contribution is 6.03. The first-order valence-electron chi connectivity index (χ1n) is 13.3. The van der Waals surface area contributed by atoms with Crippen molar-refractivity contribution in [2.75, 3.05) is 25.1 Å². The summed E-state index contributed by atoms with van der Waals surface area (Å²) in [5, 5.41) is 6.70. The van der Waals surface area contributed by atoms with Crippen molar-refractivity contribution in [2.45, 2.75) is 77.7 Å². The van der Waals surface area contributed by atoms with E-state index in [1.807, 2.05) is 13.0 Å². The maximum Gasteiger partial charge on any atom is 0.314 e. The number of aromatic nitrogens is 2. The van der Waals surface area contributed by atoms with Crippen LogP contribution in [-0.2, 0) is 4.74 Å². The van der Waals surface area contributed by atoms with E-state index in [4.69, 9.17) is 11.3 Å². The molecule has 36 heavy (non-hydrogen) atoms. The summed E-state index contributed by atoms with van der Waals surface area (Å²) < 4.78 is 5.46. The van der Waals surface area contributed by atoms with Gasteiger partial charge in [-0.25, -0.2) is 4.98 Å². The molecule has 0 atom stereocenters. The van der Waals surface area contributed by atoms with Crippen LogP contribution in [0.3, 0.4) is 0 Å². The molecule has 3 N–H and O–H groups in total. The molecule has 7 heteroatoms. The number of aromatic amines is 1. The van der Waals surface area contributed by atoms with Gasteiger partial charge in [0.1, 0.15) is 0 Å². The smallest absolute Gasteiger partial charge is 0.314 e. The number of rotatable bonds is 9. The summed E-state index contributed by atoms with van der Waals surface area (Å²) in [4.78, 5) is 23.0. The highest BCUT2D eigenvalue weighted by Crippen LogP contribution is 2.42. The Labute approximate surface area is 214 Å². The Hall–Kier alpha value is -2.95. The van der Waals surface area contributed by atoms with E-state index in [1.54, 1.807) is 0 Å². The number of nitrogens with one attached hydrogen (secondary N) is 3. The first-order chi connectivity index (χ1) is 17.4. The molecule has 7 nitrogen and oxygen atoms in total. The lowest BCUT2D eigenvalue weighted by Crippen LogP contribution is -2.35. The van der Waals surface area contributed by atoms with Crippen LogP contribution >= 0.6 is 0 Å². The van der Waals surface area contributed by atoms with Gasteiger partial charge in [-0.3, -0.25) is 9.78 Å². The highest BCUT2D eigenvalue weighted by Gasteiger charge is 2.26. The fourth-order valence-corrected chi connectivity index (χ4v) is 5.29. The average Bonchev–Trinajstić information content (AvgIpc) is 3.37. The summed E-state index contributed by atoms with van der Waals surface area (Å²) in [5.41, 5.74) is 4.89. The second-order valence-electron chi connectivity index (χ2n) is 10.8. The minimum atomic E-state index is -0.325. The third-order valence-corrected chi connectivity index (χ3v) is 7.59. The van der Waals surface area contributed by atoms with Crippen molar-refractivity contribution in [3.8, 4) is 0 Å². The van der Waals surface area contributed by atoms with E-state index in [9.17, 15) is 4.79 Å². The quantitative estimate of drug-likeness (QED) is 0.279. The van der Waals surface area contributed by atoms with Gasteiger partial charge in [0.25, 0.3) is 5.82 Å². The first-order valence-corrected chi connectivity index (χ1v) is 13.3. The second kappa shape index (κ2) is 11.9. The highest BCUT2D eigenvalue weighted by atomic mass is 16.5. The van der Waals surface area contributed by atoms with Crippen LogP contribution in [0, 0.1) is 12.0 Å². The van der Waals surface area contributed by atoms with Crippen LogP contribution in [0.15, 0.2) is 30.5 Å². The van der Waals surface area contributed by atoms with E-state index in [2.05, 4.69) is 57.5 Å². The number of carbonyl (C=O) groups is 1. The number of imidazole rings is 1. The molecule has 1 amide bonds. The van der Waals surface area contributed by atoms with Gasteiger partial charge < -0.3 is 20.2 Å². The molecule has 0 unspecified atom stereocenters. The predicted octanol–water partition coefficient (Wildman–Crippen LogP) is 6.46. The van der Waals surface area contributed by atoms with E-state index in [0.717, 1.165) is 63.1 Å². The van der Waals surface area contributed by atoms with E-state index in [0.29, 0.717) is 17.4 Å². The van der Waals surface area contributed by atoms with E-state index in [-0.39, 0.29) is 17.5 Å². The summed E-state index contributed by atoms with van der Waals surface area (Å²) in [7, 11) is 0. The van der Waals surface area contributed by atoms with Gasteiger partial charge in [-0.05, 0) is 86.5 Å². The van der Waals surface area contributed by atoms with Gasteiger partial charge in [-0.1, -0.05) is 32.6 Å². The van der Waals surface area contributed by atoms with Crippen molar-refractivity contribution in [2.24, 2.45) is 5.41 Å². The first kappa shape index (κ1) is 26.1. The number of H-pyrrole nitrogens is 1. The van der Waals surface area contributed by atoms with E-state index < -0.39 is 0 Å². The number of nitrogens with zero attached hydrogens (tertiary/aromatic N) is 2. The maximum atomic E-state index is 12.9. The Morgan fingerprint density at radius 1 is 1.28 bits per heavy atom. The molecule has 1 fully saturated rings. The van der Waals surface area contributed by atoms with Crippen LogP contribution in [0.5, 0.6) is 0 Å². The molecule has 2 aliphatic carbocycles. The number of amides is 1. The van der Waals surface area contributed by atoms with Crippen LogP contribution < -0.4 is 10.6 Å².